The quantitative estimate of drug-likeness (QED) is 0.663. The number of anilines is 1. The Bertz CT molecular complexity index is 1100. The van der Waals surface area contributed by atoms with E-state index < -0.39 is 34.0 Å². The van der Waals surface area contributed by atoms with Crippen molar-refractivity contribution in [2.75, 3.05) is 18.4 Å². The van der Waals surface area contributed by atoms with Gasteiger partial charge in [-0.3, -0.25) is 9.59 Å². The molecule has 0 radical (unpaired) electrons. The van der Waals surface area contributed by atoms with Crippen LogP contribution in [-0.4, -0.2) is 48.6 Å². The molecular formula is C19H21F3N4O5S. The zero-order chi connectivity index (χ0) is 23.7. The van der Waals surface area contributed by atoms with Gasteiger partial charge in [0.05, 0.1) is 0 Å². The van der Waals surface area contributed by atoms with Crippen LogP contribution in [0.5, 0.6) is 5.75 Å². The van der Waals surface area contributed by atoms with Crippen molar-refractivity contribution in [3.63, 3.8) is 0 Å². The fourth-order valence-electron chi connectivity index (χ4n) is 3.41. The van der Waals surface area contributed by atoms with Crippen LogP contribution in [-0.2, 0) is 21.9 Å². The summed E-state index contributed by atoms with van der Waals surface area (Å²) in [5, 5.41) is 2.61. The molecule has 0 aliphatic carbocycles. The van der Waals surface area contributed by atoms with E-state index in [1.165, 1.54) is 40.3 Å². The van der Waals surface area contributed by atoms with E-state index in [-0.39, 0.29) is 42.4 Å². The molecule has 13 heteroatoms. The molecule has 9 nitrogen and oxygen atoms in total. The van der Waals surface area contributed by atoms with Gasteiger partial charge in [-0.15, -0.1) is 13.2 Å². The van der Waals surface area contributed by atoms with Crippen molar-refractivity contribution in [2.45, 2.75) is 24.1 Å². The molecule has 2 heterocycles. The number of nitrogens with zero attached hydrogens (tertiary/aromatic N) is 2. The Kier molecular flexibility index (Phi) is 6.51. The number of aromatic nitrogens is 1. The Labute approximate surface area is 182 Å². The summed E-state index contributed by atoms with van der Waals surface area (Å²) in [6, 6.07) is 5.94. The van der Waals surface area contributed by atoms with Crippen molar-refractivity contribution in [3.8, 4) is 5.75 Å². The molecule has 1 fully saturated rings. The van der Waals surface area contributed by atoms with Gasteiger partial charge in [0.1, 0.15) is 16.3 Å². The first-order valence-corrected chi connectivity index (χ1v) is 10.9. The molecule has 174 valence electrons. The van der Waals surface area contributed by atoms with Gasteiger partial charge in [0.25, 0.3) is 5.91 Å². The van der Waals surface area contributed by atoms with E-state index in [0.717, 1.165) is 12.1 Å². The molecule has 1 aliphatic heterocycles. The highest BCUT2D eigenvalue weighted by molar-refractivity contribution is 7.89. The average molecular weight is 474 g/mol. The minimum absolute atomic E-state index is 0.0575. The molecule has 1 aliphatic rings. The first-order valence-electron chi connectivity index (χ1n) is 9.50. The number of alkyl halides is 3. The van der Waals surface area contributed by atoms with E-state index in [1.54, 1.807) is 0 Å². The van der Waals surface area contributed by atoms with Crippen LogP contribution in [0.2, 0.25) is 0 Å². The normalized spacial score (nSPS) is 16.0. The van der Waals surface area contributed by atoms with Crippen molar-refractivity contribution < 1.29 is 35.9 Å². The second kappa shape index (κ2) is 8.82. The molecule has 32 heavy (non-hydrogen) atoms. The molecule has 0 atom stereocenters. The Morgan fingerprint density at radius 2 is 1.75 bits per heavy atom. The summed E-state index contributed by atoms with van der Waals surface area (Å²) in [4.78, 5) is 23.8. The van der Waals surface area contributed by atoms with Crippen LogP contribution in [0.15, 0.2) is 41.4 Å². The van der Waals surface area contributed by atoms with E-state index in [1.807, 2.05) is 0 Å². The van der Waals surface area contributed by atoms with Crippen LogP contribution in [0.1, 0.15) is 23.3 Å². The summed E-state index contributed by atoms with van der Waals surface area (Å²) in [6.45, 7) is 0.194. The molecule has 3 N–H and O–H groups in total. The maximum absolute atomic E-state index is 12.8. The van der Waals surface area contributed by atoms with E-state index >= 15 is 0 Å². The highest BCUT2D eigenvalue weighted by atomic mass is 32.2. The second-order valence-electron chi connectivity index (χ2n) is 7.28. The van der Waals surface area contributed by atoms with Crippen LogP contribution >= 0.6 is 0 Å². The predicted octanol–water partition coefficient (Wildman–Crippen LogP) is 2.06. The van der Waals surface area contributed by atoms with Gasteiger partial charge in [0.15, 0.2) is 0 Å². The van der Waals surface area contributed by atoms with Crippen molar-refractivity contribution in [1.29, 1.82) is 0 Å². The Morgan fingerprint density at radius 3 is 2.25 bits per heavy atom. The number of aryl methyl sites for hydroxylation is 1. The molecular weight excluding hydrogens is 453 g/mol. The number of rotatable bonds is 6. The Balaban J connectivity index is 1.58. The van der Waals surface area contributed by atoms with Gasteiger partial charge in [0, 0.05) is 37.9 Å². The van der Waals surface area contributed by atoms with Crippen molar-refractivity contribution >= 4 is 27.5 Å². The van der Waals surface area contributed by atoms with Gasteiger partial charge in [-0.2, -0.15) is 4.31 Å². The predicted molar refractivity (Wildman–Crippen MR) is 107 cm³/mol. The number of carbonyl (C=O) groups is 2. The first kappa shape index (κ1) is 23.6. The van der Waals surface area contributed by atoms with Gasteiger partial charge in [-0.1, -0.05) is 0 Å². The Morgan fingerprint density at radius 1 is 1.16 bits per heavy atom. The zero-order valence-electron chi connectivity index (χ0n) is 16.9. The van der Waals surface area contributed by atoms with Crippen LogP contribution in [0.4, 0.5) is 18.9 Å². The number of ether oxygens (including phenoxy) is 1. The van der Waals surface area contributed by atoms with E-state index in [9.17, 15) is 31.2 Å². The zero-order valence-corrected chi connectivity index (χ0v) is 17.7. The fraction of sp³-hybridized carbons (Fsp3) is 0.368. The van der Waals surface area contributed by atoms with Crippen LogP contribution in [0, 0.1) is 5.92 Å². The number of amides is 2. The lowest BCUT2D eigenvalue weighted by molar-refractivity contribution is -0.274. The minimum Gasteiger partial charge on any atom is -0.406 e. The molecule has 3 rings (SSSR count). The third-order valence-corrected chi connectivity index (χ3v) is 6.91. The molecule has 0 saturated carbocycles. The van der Waals surface area contributed by atoms with Gasteiger partial charge in [-0.25, -0.2) is 8.42 Å². The Hall–Kier alpha value is -3.06. The molecule has 2 aromatic rings. The summed E-state index contributed by atoms with van der Waals surface area (Å²) in [5.74, 6) is -1.98. The number of carbonyl (C=O) groups excluding carboxylic acids is 2. The van der Waals surface area contributed by atoms with E-state index in [4.69, 9.17) is 5.73 Å². The molecule has 0 bridgehead atoms. The van der Waals surface area contributed by atoms with Gasteiger partial charge in [0.2, 0.25) is 15.9 Å². The largest absolute Gasteiger partial charge is 0.573 e. The number of benzene rings is 1. The number of piperidine rings is 1. The number of hydrogen-bond acceptors (Lipinski definition) is 5. The number of primary amides is 1. The average Bonchev–Trinajstić information content (AvgIpc) is 3.11. The fourth-order valence-corrected chi connectivity index (χ4v) is 4.95. The maximum atomic E-state index is 12.8. The van der Waals surface area contributed by atoms with E-state index in [2.05, 4.69) is 10.1 Å². The van der Waals surface area contributed by atoms with Crippen LogP contribution in [0.25, 0.3) is 0 Å². The number of nitrogens with one attached hydrogen (secondary N) is 1. The van der Waals surface area contributed by atoms with Gasteiger partial charge in [-0.05, 0) is 43.2 Å². The maximum Gasteiger partial charge on any atom is 0.573 e. The second-order valence-corrected chi connectivity index (χ2v) is 9.21. The topological polar surface area (TPSA) is 124 Å². The first-order chi connectivity index (χ1) is 14.9. The van der Waals surface area contributed by atoms with Crippen molar-refractivity contribution in [3.05, 3.63) is 42.2 Å². The van der Waals surface area contributed by atoms with Gasteiger partial charge < -0.3 is 20.4 Å². The number of halogens is 3. The highest BCUT2D eigenvalue weighted by Crippen LogP contribution is 2.27. The van der Waals surface area contributed by atoms with Crippen molar-refractivity contribution in [1.82, 2.24) is 8.87 Å². The third-order valence-electron chi connectivity index (χ3n) is 5.05. The molecule has 0 spiro atoms. The molecule has 0 unspecified atom stereocenters. The number of hydrogen-bond donors (Lipinski definition) is 2. The summed E-state index contributed by atoms with van der Waals surface area (Å²) >= 11 is 0. The lowest BCUT2D eigenvalue weighted by Gasteiger charge is -2.30. The molecule has 1 aromatic heterocycles. The molecule has 1 aromatic carbocycles. The molecule has 1 saturated heterocycles. The van der Waals surface area contributed by atoms with E-state index in [0.29, 0.717) is 5.69 Å². The SMILES string of the molecule is Cn1cc(S(=O)(=O)N2CCC(C(=O)Nc3ccc(OC(F)(F)F)cc3)CC2)cc1C(N)=O. The lowest BCUT2D eigenvalue weighted by atomic mass is 9.97. The summed E-state index contributed by atoms with van der Waals surface area (Å²) < 4.78 is 68.7. The summed E-state index contributed by atoms with van der Waals surface area (Å²) in [6.07, 6.45) is -2.98. The van der Waals surface area contributed by atoms with Crippen LogP contribution < -0.4 is 15.8 Å². The van der Waals surface area contributed by atoms with Crippen LogP contribution in [0.3, 0.4) is 0 Å². The van der Waals surface area contributed by atoms with Crippen molar-refractivity contribution in [2.24, 2.45) is 18.7 Å². The number of nitrogens with two attached hydrogens (primary N) is 1. The highest BCUT2D eigenvalue weighted by Gasteiger charge is 2.33. The minimum atomic E-state index is -4.81. The monoisotopic (exact) mass is 474 g/mol. The standard InChI is InChI=1S/C19H21F3N4O5S/c1-25-11-15(10-16(25)17(23)27)32(29,30)26-8-6-12(7-9-26)18(28)24-13-2-4-14(5-3-13)31-19(20,21)22/h2-5,10-12H,6-9H2,1H3,(H2,23,27)(H,24,28). The smallest absolute Gasteiger partial charge is 0.406 e. The molecule has 2 amide bonds. The number of sulfonamides is 1. The summed E-state index contributed by atoms with van der Waals surface area (Å²) in [5.41, 5.74) is 5.58. The lowest BCUT2D eigenvalue weighted by Crippen LogP contribution is -2.41. The summed E-state index contributed by atoms with van der Waals surface area (Å²) in [7, 11) is -2.35. The van der Waals surface area contributed by atoms with Gasteiger partial charge >= 0.3 is 6.36 Å². The third kappa shape index (κ3) is 5.40.